The number of hydrogen-bond acceptors (Lipinski definition) is 5. The van der Waals surface area contributed by atoms with Crippen LogP contribution in [0.4, 0.5) is 9.18 Å². The molecule has 174 valence electrons. The van der Waals surface area contributed by atoms with E-state index in [4.69, 9.17) is 20.8 Å². The molecule has 33 heavy (non-hydrogen) atoms. The summed E-state index contributed by atoms with van der Waals surface area (Å²) in [6.45, 7) is 5.42. The molecule has 1 fully saturated rings. The Balaban J connectivity index is 1.54. The minimum atomic E-state index is -0.950. The molecule has 0 spiro atoms. The van der Waals surface area contributed by atoms with Crippen LogP contribution in [-0.4, -0.2) is 46.9 Å². The summed E-state index contributed by atoms with van der Waals surface area (Å²) in [5, 5.41) is 13.9. The van der Waals surface area contributed by atoms with Gasteiger partial charge in [-0.3, -0.25) is 4.79 Å². The summed E-state index contributed by atoms with van der Waals surface area (Å²) in [5.41, 5.74) is 1.60. The Kier molecular flexibility index (Phi) is 5.97. The van der Waals surface area contributed by atoms with E-state index in [0.717, 1.165) is 5.56 Å². The van der Waals surface area contributed by atoms with Gasteiger partial charge in [0.15, 0.2) is 17.1 Å². The molecular formula is C24H24ClFN2O5. The fraction of sp³-hybridized carbons (Fsp3) is 0.333. The first-order chi connectivity index (χ1) is 15.5. The number of fused-ring (bicyclic) bond motifs is 1. The van der Waals surface area contributed by atoms with E-state index in [1.807, 2.05) is 0 Å². The molecule has 0 saturated carbocycles. The van der Waals surface area contributed by atoms with Crippen molar-refractivity contribution in [1.82, 2.24) is 10.2 Å². The van der Waals surface area contributed by atoms with Crippen LogP contribution in [0, 0.1) is 0 Å². The zero-order valence-corrected chi connectivity index (χ0v) is 19.2. The maximum absolute atomic E-state index is 13.0. The van der Waals surface area contributed by atoms with Crippen LogP contribution in [0.3, 0.4) is 0 Å². The van der Waals surface area contributed by atoms with Crippen molar-refractivity contribution in [2.24, 2.45) is 0 Å². The second-order valence-corrected chi connectivity index (χ2v) is 9.36. The second kappa shape index (κ2) is 8.59. The first-order valence-corrected chi connectivity index (χ1v) is 10.8. The van der Waals surface area contributed by atoms with Crippen molar-refractivity contribution in [3.8, 4) is 16.9 Å². The van der Waals surface area contributed by atoms with Gasteiger partial charge in [0.05, 0.1) is 30.0 Å². The molecule has 0 radical (unpaired) electrons. The van der Waals surface area contributed by atoms with Crippen LogP contribution in [0.1, 0.15) is 36.9 Å². The largest absolute Gasteiger partial charge is 0.504 e. The van der Waals surface area contributed by atoms with E-state index in [9.17, 15) is 19.1 Å². The summed E-state index contributed by atoms with van der Waals surface area (Å²) in [4.78, 5) is 25.7. The predicted octanol–water partition coefficient (Wildman–Crippen LogP) is 5.28. The molecule has 3 aromatic rings. The van der Waals surface area contributed by atoms with Crippen LogP contribution in [0.15, 0.2) is 40.8 Å². The fourth-order valence-electron chi connectivity index (χ4n) is 3.53. The van der Waals surface area contributed by atoms with E-state index >= 15 is 0 Å². The van der Waals surface area contributed by atoms with Crippen molar-refractivity contribution in [3.63, 3.8) is 0 Å². The third-order valence-corrected chi connectivity index (χ3v) is 5.45. The Morgan fingerprint density at radius 2 is 1.88 bits per heavy atom. The number of halogens is 2. The lowest BCUT2D eigenvalue weighted by atomic mass is 10.0. The van der Waals surface area contributed by atoms with Crippen LogP contribution >= 0.6 is 11.6 Å². The summed E-state index contributed by atoms with van der Waals surface area (Å²) in [7, 11) is 0. The second-order valence-electron chi connectivity index (χ2n) is 8.95. The smallest absolute Gasteiger partial charge is 0.408 e. The molecule has 0 bridgehead atoms. The van der Waals surface area contributed by atoms with Gasteiger partial charge < -0.3 is 24.5 Å². The van der Waals surface area contributed by atoms with E-state index in [1.54, 1.807) is 57.2 Å². The Morgan fingerprint density at radius 1 is 1.21 bits per heavy atom. The first kappa shape index (κ1) is 22.9. The van der Waals surface area contributed by atoms with Crippen molar-refractivity contribution in [1.29, 1.82) is 0 Å². The number of ether oxygens (including phenoxy) is 1. The highest BCUT2D eigenvalue weighted by Gasteiger charge is 2.30. The Morgan fingerprint density at radius 3 is 2.48 bits per heavy atom. The highest BCUT2D eigenvalue weighted by atomic mass is 35.5. The monoisotopic (exact) mass is 474 g/mol. The Hall–Kier alpha value is -3.26. The lowest BCUT2D eigenvalue weighted by molar-refractivity contribution is 0.0400. The van der Waals surface area contributed by atoms with E-state index in [0.29, 0.717) is 22.1 Å². The zero-order valence-electron chi connectivity index (χ0n) is 18.4. The van der Waals surface area contributed by atoms with Gasteiger partial charge in [0.1, 0.15) is 11.8 Å². The van der Waals surface area contributed by atoms with Gasteiger partial charge in [-0.05, 0) is 56.2 Å². The van der Waals surface area contributed by atoms with Gasteiger partial charge in [0, 0.05) is 5.56 Å². The van der Waals surface area contributed by atoms with Crippen molar-refractivity contribution < 1.29 is 28.2 Å². The SMILES string of the molecule is CC(C)(C)OC(=O)NCc1oc2c(Cl)cc(-c3ccc(C(=O)N4CC(F)C4)cc3)cc2c1O. The molecule has 2 aromatic carbocycles. The number of nitrogens with one attached hydrogen (secondary N) is 1. The lowest BCUT2D eigenvalue weighted by Crippen LogP contribution is -2.51. The van der Waals surface area contributed by atoms with Crippen LogP contribution < -0.4 is 5.32 Å². The average molecular weight is 475 g/mol. The molecule has 2 N–H and O–H groups in total. The van der Waals surface area contributed by atoms with Crippen LogP contribution in [-0.2, 0) is 11.3 Å². The molecule has 0 aliphatic carbocycles. The summed E-state index contributed by atoms with van der Waals surface area (Å²) in [5.74, 6) is -0.190. The van der Waals surface area contributed by atoms with Gasteiger partial charge in [-0.1, -0.05) is 23.7 Å². The number of amides is 2. The molecule has 2 amide bonds. The van der Waals surface area contributed by atoms with Gasteiger partial charge in [-0.25, -0.2) is 9.18 Å². The van der Waals surface area contributed by atoms with Crippen molar-refractivity contribution in [2.75, 3.05) is 13.1 Å². The Bertz CT molecular complexity index is 1210. The van der Waals surface area contributed by atoms with E-state index < -0.39 is 17.9 Å². The molecule has 1 aliphatic heterocycles. The molecule has 9 heteroatoms. The van der Waals surface area contributed by atoms with Gasteiger partial charge in [-0.2, -0.15) is 0 Å². The lowest BCUT2D eigenvalue weighted by Gasteiger charge is -2.34. The number of benzene rings is 2. The normalized spacial score (nSPS) is 14.3. The maximum Gasteiger partial charge on any atom is 0.408 e. The van der Waals surface area contributed by atoms with E-state index in [-0.39, 0.29) is 42.1 Å². The molecule has 7 nitrogen and oxygen atoms in total. The zero-order chi connectivity index (χ0) is 23.9. The summed E-state index contributed by atoms with van der Waals surface area (Å²) in [6, 6.07) is 10.3. The standard InChI is InChI=1S/C24H24ClFN2O5/c1-24(2,3)33-23(31)27-10-19-20(29)17-8-15(9-18(25)21(17)32-19)13-4-6-14(7-5-13)22(30)28-11-16(26)12-28/h4-9,16,29H,10-12H2,1-3H3,(H,27,31). The molecule has 1 saturated heterocycles. The molecule has 1 aliphatic rings. The molecule has 0 atom stereocenters. The molecule has 4 rings (SSSR count). The number of alkyl halides is 1. The van der Waals surface area contributed by atoms with Crippen LogP contribution in [0.5, 0.6) is 5.75 Å². The first-order valence-electron chi connectivity index (χ1n) is 10.5. The number of alkyl carbamates (subject to hydrolysis) is 1. The number of hydrogen-bond donors (Lipinski definition) is 2. The third kappa shape index (κ3) is 4.90. The number of carbonyl (C=O) groups is 2. The molecule has 2 heterocycles. The Labute approximate surface area is 195 Å². The van der Waals surface area contributed by atoms with Crippen LogP contribution in [0.25, 0.3) is 22.1 Å². The number of aromatic hydroxyl groups is 1. The summed E-state index contributed by atoms with van der Waals surface area (Å²) in [6.07, 6.45) is -1.59. The highest BCUT2D eigenvalue weighted by Crippen LogP contribution is 2.39. The van der Waals surface area contributed by atoms with Crippen molar-refractivity contribution in [3.05, 3.63) is 52.7 Å². The molecule has 1 aromatic heterocycles. The van der Waals surface area contributed by atoms with E-state index in [1.165, 1.54) is 4.90 Å². The quantitative estimate of drug-likeness (QED) is 0.537. The fourth-order valence-corrected chi connectivity index (χ4v) is 3.78. The number of rotatable bonds is 4. The third-order valence-electron chi connectivity index (χ3n) is 5.17. The highest BCUT2D eigenvalue weighted by molar-refractivity contribution is 6.35. The number of furan rings is 1. The van der Waals surface area contributed by atoms with E-state index in [2.05, 4.69) is 5.32 Å². The number of carbonyl (C=O) groups excluding carboxylic acids is 2. The average Bonchev–Trinajstić information content (AvgIpc) is 3.05. The minimum Gasteiger partial charge on any atom is -0.504 e. The van der Waals surface area contributed by atoms with Gasteiger partial charge in [0.2, 0.25) is 0 Å². The maximum atomic E-state index is 13.0. The summed E-state index contributed by atoms with van der Waals surface area (Å²) >= 11 is 6.40. The van der Waals surface area contributed by atoms with Crippen molar-refractivity contribution in [2.45, 2.75) is 39.1 Å². The number of likely N-dealkylation sites (tertiary alicyclic amines) is 1. The van der Waals surface area contributed by atoms with Gasteiger partial charge >= 0.3 is 6.09 Å². The topological polar surface area (TPSA) is 92.0 Å². The molecular weight excluding hydrogens is 451 g/mol. The van der Waals surface area contributed by atoms with Gasteiger partial charge in [0.25, 0.3) is 5.91 Å². The minimum absolute atomic E-state index is 0.0753. The molecule has 0 unspecified atom stereocenters. The van der Waals surface area contributed by atoms with Crippen molar-refractivity contribution >= 4 is 34.6 Å². The number of nitrogens with zero attached hydrogens (tertiary/aromatic N) is 1. The predicted molar refractivity (Wildman–Crippen MR) is 122 cm³/mol. The van der Waals surface area contributed by atoms with Crippen LogP contribution in [0.2, 0.25) is 5.02 Å². The van der Waals surface area contributed by atoms with Gasteiger partial charge in [-0.15, -0.1) is 0 Å². The summed E-state index contributed by atoms with van der Waals surface area (Å²) < 4.78 is 23.9.